The number of aromatic nitrogens is 2. The van der Waals surface area contributed by atoms with Gasteiger partial charge in [-0.3, -0.25) is 14.3 Å². The van der Waals surface area contributed by atoms with Gasteiger partial charge in [0.15, 0.2) is 10.5 Å². The number of nitrogens with one attached hydrogen (secondary N) is 1. The number of nitrogens with zero attached hydrogens (tertiary/aromatic N) is 1. The highest BCUT2D eigenvalue weighted by Gasteiger charge is 2.51. The van der Waals surface area contributed by atoms with E-state index >= 15 is 0 Å². The molecule has 0 saturated carbocycles. The second-order valence-corrected chi connectivity index (χ2v) is 9.27. The highest BCUT2D eigenvalue weighted by atomic mass is 32.1. The van der Waals surface area contributed by atoms with Gasteiger partial charge in [0.05, 0.1) is 6.10 Å². The zero-order chi connectivity index (χ0) is 21.9. The van der Waals surface area contributed by atoms with Crippen molar-refractivity contribution >= 4 is 27.9 Å². The van der Waals surface area contributed by atoms with E-state index in [0.717, 1.165) is 16.7 Å². The van der Waals surface area contributed by atoms with Gasteiger partial charge in [0.1, 0.15) is 13.2 Å². The molecule has 2 atom stereocenters. The first-order valence-electron chi connectivity index (χ1n) is 9.65. The van der Waals surface area contributed by atoms with Crippen LogP contribution in [0, 0.1) is 25.5 Å². The number of benzene rings is 1. The Morgan fingerprint density at radius 1 is 1.37 bits per heavy atom. The van der Waals surface area contributed by atoms with E-state index in [4.69, 9.17) is 30.4 Å². The van der Waals surface area contributed by atoms with Crippen LogP contribution in [0.1, 0.15) is 28.7 Å². The van der Waals surface area contributed by atoms with Crippen molar-refractivity contribution in [2.75, 3.05) is 6.61 Å². The predicted molar refractivity (Wildman–Crippen MR) is 118 cm³/mol. The van der Waals surface area contributed by atoms with Crippen molar-refractivity contribution in [1.82, 2.24) is 9.55 Å². The highest BCUT2D eigenvalue weighted by molar-refractivity contribution is 7.71. The molecule has 0 spiro atoms. The molecule has 8 nitrogen and oxygen atoms in total. The second-order valence-electron chi connectivity index (χ2n) is 7.25. The molecule has 1 radical (unpaired) electrons. The van der Waals surface area contributed by atoms with Crippen LogP contribution in [0.5, 0.6) is 5.75 Å². The minimum absolute atomic E-state index is 0.0739. The van der Waals surface area contributed by atoms with Crippen molar-refractivity contribution in [2.24, 2.45) is 0 Å². The summed E-state index contributed by atoms with van der Waals surface area (Å²) in [5.41, 5.74) is 3.30. The quantitative estimate of drug-likeness (QED) is 0.359. The van der Waals surface area contributed by atoms with Crippen LogP contribution in [0.15, 0.2) is 23.1 Å². The van der Waals surface area contributed by atoms with Crippen molar-refractivity contribution in [3.05, 3.63) is 55.7 Å². The molecule has 11 heteroatoms. The lowest BCUT2D eigenvalue weighted by Crippen LogP contribution is -2.26. The van der Waals surface area contributed by atoms with Crippen LogP contribution in [0.4, 0.5) is 0 Å². The van der Waals surface area contributed by atoms with Gasteiger partial charge in [-0.05, 0) is 51.0 Å². The van der Waals surface area contributed by atoms with Crippen LogP contribution in [0.25, 0.3) is 0 Å². The molecule has 0 bridgehead atoms. The highest BCUT2D eigenvalue weighted by Crippen LogP contribution is 2.62. The molecule has 2 heterocycles. The average molecular weight is 452 g/mol. The van der Waals surface area contributed by atoms with Gasteiger partial charge in [-0.15, -0.1) is 9.05 Å². The first-order valence-corrected chi connectivity index (χ1v) is 11.6. The maximum absolute atomic E-state index is 11.6. The van der Waals surface area contributed by atoms with E-state index in [1.54, 1.807) is 32.0 Å². The number of aromatic amines is 1. The van der Waals surface area contributed by atoms with E-state index < -0.39 is 8.17 Å². The Bertz CT molecular complexity index is 1030. The Morgan fingerprint density at radius 2 is 2.13 bits per heavy atom. The molecule has 0 aliphatic carbocycles. The summed E-state index contributed by atoms with van der Waals surface area (Å²) in [6.07, 6.45) is 1.89. The van der Waals surface area contributed by atoms with Crippen molar-refractivity contribution in [3.8, 4) is 5.75 Å². The molecule has 161 valence electrons. The van der Waals surface area contributed by atoms with E-state index in [-0.39, 0.29) is 24.9 Å². The van der Waals surface area contributed by atoms with Crippen molar-refractivity contribution in [3.63, 3.8) is 0 Å². The number of hydrogen-bond acceptors (Lipinski definition) is 7. The molecule has 1 aliphatic heterocycles. The fourth-order valence-corrected chi connectivity index (χ4v) is 4.83. The van der Waals surface area contributed by atoms with Crippen LogP contribution in [0.3, 0.4) is 0 Å². The number of hydrogen-bond donors (Lipinski definition) is 2. The summed E-state index contributed by atoms with van der Waals surface area (Å²) in [6.45, 7) is 8.22. The number of H-pyrrole nitrogens is 1. The zero-order valence-corrected chi connectivity index (χ0v) is 19.2. The molecule has 30 heavy (non-hydrogen) atoms. The Kier molecular flexibility index (Phi) is 7.49. The van der Waals surface area contributed by atoms with Crippen LogP contribution >= 0.6 is 20.4 Å². The Morgan fingerprint density at radius 3 is 2.87 bits per heavy atom. The normalized spacial score (nSPS) is 19.1. The number of aryl methyl sites for hydroxylation is 4. The maximum atomic E-state index is 11.6. The van der Waals surface area contributed by atoms with Gasteiger partial charge >= 0.3 is 8.17 Å². The van der Waals surface area contributed by atoms with Crippen LogP contribution < -0.4 is 10.1 Å². The van der Waals surface area contributed by atoms with Crippen molar-refractivity contribution < 1.29 is 23.1 Å². The first kappa shape index (κ1) is 23.1. The van der Waals surface area contributed by atoms with Gasteiger partial charge in [0, 0.05) is 23.9 Å². The molecule has 1 aromatic carbocycles. The summed E-state index contributed by atoms with van der Waals surface area (Å²) in [5, 5.41) is 0. The fraction of sp³-hybridized carbons (Fsp3) is 0.474. The fourth-order valence-electron chi connectivity index (χ4n) is 3.26. The summed E-state index contributed by atoms with van der Waals surface area (Å²) in [4.78, 5) is 25.0. The monoisotopic (exact) mass is 452 g/mol. The van der Waals surface area contributed by atoms with Gasteiger partial charge in [0.25, 0.3) is 13.0 Å². The summed E-state index contributed by atoms with van der Waals surface area (Å²) in [7, 11) is -1.94. The van der Waals surface area contributed by atoms with Crippen molar-refractivity contribution in [2.45, 2.75) is 53.3 Å². The third-order valence-electron chi connectivity index (χ3n) is 4.72. The summed E-state index contributed by atoms with van der Waals surface area (Å²) >= 11 is 5.21. The first-order chi connectivity index (χ1) is 14.2. The van der Waals surface area contributed by atoms with Gasteiger partial charge in [-0.1, -0.05) is 18.5 Å². The topological polar surface area (TPSA) is 94.9 Å². The van der Waals surface area contributed by atoms with Crippen LogP contribution in [-0.4, -0.2) is 34.6 Å². The van der Waals surface area contributed by atoms with Gasteiger partial charge in [-0.2, -0.15) is 4.89 Å². The lowest BCUT2D eigenvalue weighted by Gasteiger charge is -2.24. The molecule has 3 rings (SSSR count). The van der Waals surface area contributed by atoms with Gasteiger partial charge < -0.3 is 9.22 Å². The Labute approximate surface area is 182 Å². The number of rotatable bonds is 8. The van der Waals surface area contributed by atoms with Gasteiger partial charge in [0.2, 0.25) is 0 Å². The molecule has 2 unspecified atom stereocenters. The largest absolute Gasteiger partial charge is 0.619 e. The van der Waals surface area contributed by atoms with E-state index in [2.05, 4.69) is 4.98 Å². The molecule has 2 N–H and O–H groups in total. The molecule has 0 saturated heterocycles. The molecule has 0 fully saturated rings. The summed E-state index contributed by atoms with van der Waals surface area (Å²) in [5.74, 6) is 0.609. The van der Waals surface area contributed by atoms with E-state index in [1.807, 2.05) is 26.0 Å². The lowest BCUT2D eigenvalue weighted by atomic mass is 10.1. The minimum Gasteiger partial charge on any atom is -0.436 e. The number of fused-ring (bicyclic) bond motifs is 1. The Balaban J connectivity index is 1.64. The van der Waals surface area contributed by atoms with E-state index in [0.29, 0.717) is 29.0 Å². The van der Waals surface area contributed by atoms with E-state index in [9.17, 15) is 9.69 Å². The smallest absolute Gasteiger partial charge is 0.436 e. The van der Waals surface area contributed by atoms with Crippen LogP contribution in [0.2, 0.25) is 6.82 Å². The molecule has 1 aliphatic rings. The standard InChI is InChI=1S/C19H25BN2O6PS/c1-12-7-13(2)17-15(8-12)10-25-29(24,28-17)26-11-16(27-20-4)5-6-22-9-14(3)18(23)21-19(22)30/h7-9,16,24H,5-6,10-11H2,1-4H3/p+1. The summed E-state index contributed by atoms with van der Waals surface area (Å²) in [6, 6.07) is 3.96. The summed E-state index contributed by atoms with van der Waals surface area (Å²) < 4.78 is 24.7. The van der Waals surface area contributed by atoms with Gasteiger partial charge in [-0.25, -0.2) is 0 Å². The molecule has 2 aromatic rings. The molecular formula is C19H26BN2O6PS+. The average Bonchev–Trinajstić information content (AvgIpc) is 2.68. The lowest BCUT2D eigenvalue weighted by molar-refractivity contribution is 0.0581. The predicted octanol–water partition coefficient (Wildman–Crippen LogP) is 3.57. The molecule has 1 aromatic heterocycles. The molecule has 0 amide bonds. The SMILES string of the molecule is C[B]OC(CCn1cc(C)c(=O)[nH]c1=S)CO[P+]1(O)OCc2cc(C)cc(C)c2O1. The van der Waals surface area contributed by atoms with Crippen LogP contribution in [-0.2, 0) is 26.9 Å². The molecular weight excluding hydrogens is 426 g/mol. The van der Waals surface area contributed by atoms with Crippen molar-refractivity contribution in [1.29, 1.82) is 0 Å². The third-order valence-corrected chi connectivity index (χ3v) is 6.40. The van der Waals surface area contributed by atoms with E-state index in [1.165, 1.54) is 0 Å². The maximum Gasteiger partial charge on any atom is 0.619 e. The zero-order valence-electron chi connectivity index (χ0n) is 17.5. The Hall–Kier alpha value is -1.55. The minimum atomic E-state index is -3.50. The second kappa shape index (κ2) is 9.72. The third kappa shape index (κ3) is 5.57.